The maximum Gasteiger partial charge on any atom is 0.326 e. The van der Waals surface area contributed by atoms with Crippen molar-refractivity contribution in [3.05, 3.63) is 36.0 Å². The molecule has 84 heavy (non-hydrogen) atoms. The fraction of sp³-hybridized carbons (Fsp3) is 0.540. The summed E-state index contributed by atoms with van der Waals surface area (Å²) in [4.78, 5) is 189. The van der Waals surface area contributed by atoms with E-state index in [0.717, 1.165) is 6.92 Å². The minimum Gasteiger partial charge on any atom is -0.481 e. The number of aliphatic carboxylic acids is 3. The summed E-state index contributed by atoms with van der Waals surface area (Å²) in [5.41, 5.74) is 28.4. The number of primary amides is 2. The number of carboxylic acid groups (broad SMARTS) is 3. The van der Waals surface area contributed by atoms with Crippen LogP contribution in [-0.2, 0) is 73.5 Å². The number of aliphatic imine (C=N–C) groups is 1. The number of hydrogen-bond donors (Lipinski definition) is 19. The molecule has 0 fully saturated rings. The zero-order chi connectivity index (χ0) is 63.7. The Bertz CT molecular complexity index is 2770. The smallest absolute Gasteiger partial charge is 0.326 e. The zero-order valence-electron chi connectivity index (χ0n) is 46.7. The van der Waals surface area contributed by atoms with E-state index in [2.05, 4.69) is 57.8 Å². The Kier molecular flexibility index (Phi) is 28.7. The second-order valence-corrected chi connectivity index (χ2v) is 19.7. The number of nitrogens with one attached hydrogen (secondary N) is 10. The number of hydrogen-bond acceptors (Lipinski definition) is 17. The molecule has 0 aliphatic rings. The zero-order valence-corrected chi connectivity index (χ0v) is 46.7. The number of benzene rings is 1. The van der Waals surface area contributed by atoms with Crippen LogP contribution in [0.1, 0.15) is 91.5 Å². The van der Waals surface area contributed by atoms with Crippen molar-refractivity contribution in [2.75, 3.05) is 6.54 Å². The third kappa shape index (κ3) is 23.9. The molecule has 34 heteroatoms. The Labute approximate surface area is 480 Å². The van der Waals surface area contributed by atoms with Crippen LogP contribution in [-0.4, -0.2) is 187 Å². The number of carbonyl (C=O) groups excluding carboxylic acids is 11. The lowest BCUT2D eigenvalue weighted by atomic mass is 9.98. The molecule has 0 spiro atoms. The fourth-order valence-electron chi connectivity index (χ4n) is 7.88. The molecule has 1 heterocycles. The number of carboxylic acids is 3. The molecule has 0 saturated carbocycles. The Morgan fingerprint density at radius 2 is 1.01 bits per heavy atom. The summed E-state index contributed by atoms with van der Waals surface area (Å²) >= 11 is 0. The van der Waals surface area contributed by atoms with Crippen molar-refractivity contribution in [2.45, 2.75) is 159 Å². The van der Waals surface area contributed by atoms with Crippen LogP contribution in [0.25, 0.3) is 10.9 Å². The van der Waals surface area contributed by atoms with Crippen LogP contribution >= 0.6 is 0 Å². The van der Waals surface area contributed by atoms with Gasteiger partial charge in [-0.15, -0.1) is 0 Å². The van der Waals surface area contributed by atoms with Gasteiger partial charge in [-0.1, -0.05) is 38.5 Å². The number of guanidine groups is 1. The standard InChI is InChI=1S/C50H76N16O18/c1-6-21(2)38(49(83)84)65-47(81)32(18-35(53)69)63-45(79)33(19-37(72)73)64-48(82)39(24(5)67)66-46(80)30(16-25-20-57-28-11-8-7-10-26(25)28)62-43(77)29(12-9-15-56-50(54)55)60-44(78)31(17-34(52)68)61-41(75)23(4)58-40(74)22(3)59-42(76)27(51)13-14-36(70)71/h7-8,10-11,20-24,27,29-33,38-39,57,67H,6,9,12-19,51H2,1-5H3,(H2,52,68)(H2,53,69)(H,58,74)(H,59,76)(H,60,78)(H,61,75)(H,62,77)(H,63,79)(H,64,82)(H,65,81)(H,66,80)(H,70,71)(H,72,73)(H,83,84)(H4,54,55,56)/t21-,22-,23-,24+,27-,29-,30-,31-,32-,33-,38-,39-/m0/s1. The van der Waals surface area contributed by atoms with E-state index >= 15 is 0 Å². The largest absolute Gasteiger partial charge is 0.481 e. The van der Waals surface area contributed by atoms with E-state index in [1.807, 2.05) is 0 Å². The van der Waals surface area contributed by atoms with Crippen molar-refractivity contribution in [1.29, 1.82) is 0 Å². The van der Waals surface area contributed by atoms with Gasteiger partial charge in [-0.25, -0.2) is 4.79 Å². The predicted octanol–water partition coefficient (Wildman–Crippen LogP) is -6.90. The molecule has 12 atom stereocenters. The number of para-hydroxylation sites is 1. The van der Waals surface area contributed by atoms with Gasteiger partial charge in [0, 0.05) is 36.5 Å². The molecular weight excluding hydrogens is 1110 g/mol. The first-order valence-electron chi connectivity index (χ1n) is 26.3. The van der Waals surface area contributed by atoms with Crippen molar-refractivity contribution < 1.29 is 87.5 Å². The van der Waals surface area contributed by atoms with Gasteiger partial charge in [0.2, 0.25) is 65.0 Å². The van der Waals surface area contributed by atoms with E-state index in [4.69, 9.17) is 33.8 Å². The summed E-state index contributed by atoms with van der Waals surface area (Å²) in [6.07, 6.45) is -4.50. The molecule has 0 unspecified atom stereocenters. The number of rotatable bonds is 37. The highest BCUT2D eigenvalue weighted by Crippen LogP contribution is 2.20. The maximum atomic E-state index is 14.5. The molecule has 0 aliphatic carbocycles. The topological polar surface area (TPSA) is 586 Å². The first-order valence-corrected chi connectivity index (χ1v) is 26.3. The molecule has 24 N–H and O–H groups in total. The van der Waals surface area contributed by atoms with Crippen LogP contribution in [0.15, 0.2) is 35.5 Å². The van der Waals surface area contributed by atoms with Gasteiger partial charge in [0.15, 0.2) is 5.96 Å². The number of aromatic nitrogens is 1. The van der Waals surface area contributed by atoms with E-state index < -0.39 is 181 Å². The number of amides is 11. The SMILES string of the molecule is CC[C@H](C)[C@H](NC(=O)[C@H](CC(N)=O)NC(=O)[C@H](CC(=O)O)NC(=O)[C@@H](NC(=O)[C@H](Cc1c[nH]c2ccccc12)NC(=O)[C@H](CCCN=C(N)N)NC(=O)[C@H](CC(N)=O)NC(=O)[C@H](C)NC(=O)[C@H](C)NC(=O)[C@@H](N)CCC(=O)O)[C@@H](C)O)C(=O)O. The Morgan fingerprint density at radius 1 is 0.548 bits per heavy atom. The Balaban J connectivity index is 2.53. The van der Waals surface area contributed by atoms with Crippen LogP contribution in [0.5, 0.6) is 0 Å². The molecule has 11 amide bonds. The van der Waals surface area contributed by atoms with Gasteiger partial charge in [-0.3, -0.25) is 67.3 Å². The van der Waals surface area contributed by atoms with Crippen molar-refractivity contribution in [3.63, 3.8) is 0 Å². The van der Waals surface area contributed by atoms with Crippen molar-refractivity contribution in [1.82, 2.24) is 52.8 Å². The van der Waals surface area contributed by atoms with Crippen molar-refractivity contribution in [2.24, 2.45) is 39.6 Å². The lowest BCUT2D eigenvalue weighted by Crippen LogP contribution is -2.62. The first-order chi connectivity index (χ1) is 39.3. The van der Waals surface area contributed by atoms with Crippen molar-refractivity contribution >= 4 is 99.7 Å². The highest BCUT2D eigenvalue weighted by atomic mass is 16.4. The van der Waals surface area contributed by atoms with Gasteiger partial charge in [0.1, 0.15) is 54.4 Å². The number of aliphatic hydroxyl groups excluding tert-OH is 1. The highest BCUT2D eigenvalue weighted by molar-refractivity contribution is 6.01. The maximum absolute atomic E-state index is 14.5. The molecule has 0 saturated heterocycles. The molecule has 0 bridgehead atoms. The quantitative estimate of drug-likeness (QED) is 0.0170. The number of aromatic amines is 1. The number of nitrogens with two attached hydrogens (primary N) is 5. The molecular formula is C50H76N16O18. The van der Waals surface area contributed by atoms with Gasteiger partial charge in [-0.2, -0.15) is 0 Å². The second kappa shape index (κ2) is 34.1. The summed E-state index contributed by atoms with van der Waals surface area (Å²) in [6, 6.07) is -10.2. The number of carbonyl (C=O) groups is 14. The van der Waals surface area contributed by atoms with Gasteiger partial charge in [0.05, 0.1) is 31.4 Å². The van der Waals surface area contributed by atoms with Gasteiger partial charge in [-0.05, 0) is 57.6 Å². The number of nitrogens with zero attached hydrogens (tertiary/aromatic N) is 1. The molecule has 1 aromatic heterocycles. The van der Waals surface area contributed by atoms with Crippen LogP contribution in [0.2, 0.25) is 0 Å². The fourth-order valence-corrected chi connectivity index (χ4v) is 7.88. The third-order valence-electron chi connectivity index (χ3n) is 12.7. The highest BCUT2D eigenvalue weighted by Gasteiger charge is 2.38. The number of fused-ring (bicyclic) bond motifs is 1. The van der Waals surface area contributed by atoms with Crippen molar-refractivity contribution in [3.8, 4) is 0 Å². The Morgan fingerprint density at radius 3 is 1.54 bits per heavy atom. The molecule has 1 aromatic carbocycles. The molecule has 34 nitrogen and oxygen atoms in total. The summed E-state index contributed by atoms with van der Waals surface area (Å²) in [5, 5.41) is 60.2. The number of aliphatic hydroxyl groups is 1. The van der Waals surface area contributed by atoms with E-state index in [9.17, 15) is 82.4 Å². The lowest BCUT2D eigenvalue weighted by Gasteiger charge is -2.28. The van der Waals surface area contributed by atoms with Gasteiger partial charge < -0.3 is 102 Å². The summed E-state index contributed by atoms with van der Waals surface area (Å²) in [5.74, 6) is -18.0. The predicted molar refractivity (Wildman–Crippen MR) is 294 cm³/mol. The monoisotopic (exact) mass is 1190 g/mol. The van der Waals surface area contributed by atoms with Crippen LogP contribution in [0.3, 0.4) is 0 Å². The van der Waals surface area contributed by atoms with Crippen LogP contribution in [0.4, 0.5) is 0 Å². The molecule has 2 aromatic rings. The summed E-state index contributed by atoms with van der Waals surface area (Å²) in [6.45, 7) is 6.45. The summed E-state index contributed by atoms with van der Waals surface area (Å²) < 4.78 is 0. The van der Waals surface area contributed by atoms with E-state index in [-0.39, 0.29) is 44.6 Å². The number of H-pyrrole nitrogens is 1. The first kappa shape index (κ1) is 70.6. The molecule has 464 valence electrons. The lowest BCUT2D eigenvalue weighted by molar-refractivity contribution is -0.144. The van der Waals surface area contributed by atoms with Crippen LogP contribution in [0, 0.1) is 5.92 Å². The minimum atomic E-state index is -2.11. The van der Waals surface area contributed by atoms with E-state index in [1.165, 1.54) is 27.0 Å². The minimum absolute atomic E-state index is 0.0467. The van der Waals surface area contributed by atoms with Gasteiger partial charge in [0.25, 0.3) is 0 Å². The van der Waals surface area contributed by atoms with Crippen LogP contribution < -0.4 is 76.5 Å². The van der Waals surface area contributed by atoms with E-state index in [1.54, 1.807) is 31.2 Å². The van der Waals surface area contributed by atoms with E-state index in [0.29, 0.717) is 16.5 Å². The normalized spacial score (nSPS) is 15.3. The average Bonchev–Trinajstić information content (AvgIpc) is 4.09. The Hall–Kier alpha value is -9.47. The third-order valence-corrected chi connectivity index (χ3v) is 12.7. The molecule has 0 aliphatic heterocycles. The second-order valence-electron chi connectivity index (χ2n) is 19.7. The molecule has 2 rings (SSSR count). The average molecular weight is 1190 g/mol. The molecule has 0 radical (unpaired) electrons. The summed E-state index contributed by atoms with van der Waals surface area (Å²) in [7, 11) is 0. The van der Waals surface area contributed by atoms with Gasteiger partial charge >= 0.3 is 17.9 Å².